The Hall–Kier alpha value is -2.35. The van der Waals surface area contributed by atoms with Gasteiger partial charge in [0.05, 0.1) is 12.5 Å². The molecule has 18 heavy (non-hydrogen) atoms. The van der Waals surface area contributed by atoms with Gasteiger partial charge in [-0.3, -0.25) is 9.59 Å². The van der Waals surface area contributed by atoms with Crippen LogP contribution in [0.2, 0.25) is 0 Å². The average molecular weight is 243 g/mol. The zero-order valence-electron chi connectivity index (χ0n) is 9.82. The Morgan fingerprint density at radius 1 is 1.44 bits per heavy atom. The maximum Gasteiger partial charge on any atom is 0.251 e. The number of rotatable bonds is 3. The van der Waals surface area contributed by atoms with Crippen LogP contribution in [0.15, 0.2) is 18.2 Å². The molecule has 1 aliphatic rings. The van der Waals surface area contributed by atoms with Crippen LogP contribution >= 0.6 is 0 Å². The van der Waals surface area contributed by atoms with Gasteiger partial charge in [-0.1, -0.05) is 0 Å². The van der Waals surface area contributed by atoms with Gasteiger partial charge >= 0.3 is 0 Å². The highest BCUT2D eigenvalue weighted by molar-refractivity contribution is 5.97. The second-order valence-corrected chi connectivity index (χ2v) is 4.08. The summed E-state index contributed by atoms with van der Waals surface area (Å²) in [4.78, 5) is 23.0. The van der Waals surface area contributed by atoms with Crippen LogP contribution in [0.25, 0.3) is 0 Å². The predicted molar refractivity (Wildman–Crippen MR) is 66.0 cm³/mol. The average Bonchev–Trinajstić information content (AvgIpc) is 2.38. The van der Waals surface area contributed by atoms with Gasteiger partial charge in [-0.25, -0.2) is 0 Å². The summed E-state index contributed by atoms with van der Waals surface area (Å²) in [5, 5.41) is 13.8. The number of carbonyl (C=O) groups is 2. The first-order valence-electron chi connectivity index (χ1n) is 5.78. The highest BCUT2D eigenvalue weighted by Crippen LogP contribution is 2.23. The molecule has 0 atom stereocenters. The van der Waals surface area contributed by atoms with Crippen molar-refractivity contribution in [1.82, 2.24) is 5.32 Å². The number of fused-ring (bicyclic) bond motifs is 1. The molecule has 1 aromatic rings. The summed E-state index contributed by atoms with van der Waals surface area (Å²) >= 11 is 0. The molecule has 1 aliphatic heterocycles. The molecule has 0 spiro atoms. The van der Waals surface area contributed by atoms with Crippen LogP contribution in [0.4, 0.5) is 5.69 Å². The van der Waals surface area contributed by atoms with Gasteiger partial charge in [0.25, 0.3) is 5.91 Å². The summed E-state index contributed by atoms with van der Waals surface area (Å²) in [7, 11) is 0. The van der Waals surface area contributed by atoms with Crippen molar-refractivity contribution in [1.29, 1.82) is 5.26 Å². The third kappa shape index (κ3) is 2.66. The van der Waals surface area contributed by atoms with Gasteiger partial charge < -0.3 is 10.6 Å². The highest BCUT2D eigenvalue weighted by Gasteiger charge is 2.16. The third-order valence-corrected chi connectivity index (χ3v) is 2.79. The van der Waals surface area contributed by atoms with Crippen molar-refractivity contribution in [2.45, 2.75) is 19.3 Å². The number of amides is 2. The Labute approximate surface area is 105 Å². The Morgan fingerprint density at radius 3 is 3.06 bits per heavy atom. The summed E-state index contributed by atoms with van der Waals surface area (Å²) in [5.41, 5.74) is 2.31. The minimum Gasteiger partial charge on any atom is -0.351 e. The fourth-order valence-corrected chi connectivity index (χ4v) is 1.86. The Bertz CT molecular complexity index is 532. The molecular formula is C13H13N3O2. The molecule has 0 aliphatic carbocycles. The molecule has 0 saturated heterocycles. The molecular weight excluding hydrogens is 230 g/mol. The number of aryl methyl sites for hydroxylation is 1. The van der Waals surface area contributed by atoms with E-state index in [1.165, 1.54) is 0 Å². The molecule has 5 nitrogen and oxygen atoms in total. The minimum atomic E-state index is -0.190. The molecule has 1 aromatic carbocycles. The molecule has 1 heterocycles. The van der Waals surface area contributed by atoms with Gasteiger partial charge in [-0.05, 0) is 30.2 Å². The van der Waals surface area contributed by atoms with Gasteiger partial charge in [-0.15, -0.1) is 0 Å². The van der Waals surface area contributed by atoms with E-state index in [4.69, 9.17) is 5.26 Å². The number of nitrogens with zero attached hydrogens (tertiary/aromatic N) is 1. The van der Waals surface area contributed by atoms with Crippen LogP contribution in [-0.2, 0) is 11.2 Å². The summed E-state index contributed by atoms with van der Waals surface area (Å²) in [6.07, 6.45) is 1.40. The van der Waals surface area contributed by atoms with Crippen LogP contribution in [0.3, 0.4) is 0 Å². The lowest BCUT2D eigenvalue weighted by Crippen LogP contribution is -2.25. The molecule has 5 heteroatoms. The van der Waals surface area contributed by atoms with Crippen molar-refractivity contribution >= 4 is 17.5 Å². The third-order valence-electron chi connectivity index (χ3n) is 2.79. The summed E-state index contributed by atoms with van der Waals surface area (Å²) in [6.45, 7) is 0.350. The molecule has 2 rings (SSSR count). The zero-order chi connectivity index (χ0) is 13.0. The van der Waals surface area contributed by atoms with Crippen molar-refractivity contribution in [2.24, 2.45) is 0 Å². The maximum atomic E-state index is 11.8. The molecule has 92 valence electrons. The second kappa shape index (κ2) is 5.32. The van der Waals surface area contributed by atoms with Gasteiger partial charge in [0.1, 0.15) is 0 Å². The number of benzene rings is 1. The van der Waals surface area contributed by atoms with E-state index in [2.05, 4.69) is 10.6 Å². The summed E-state index contributed by atoms with van der Waals surface area (Å²) < 4.78 is 0. The first-order chi connectivity index (χ1) is 8.70. The van der Waals surface area contributed by atoms with Crippen LogP contribution in [-0.4, -0.2) is 18.4 Å². The Kier molecular flexibility index (Phi) is 3.58. The van der Waals surface area contributed by atoms with Crippen LogP contribution in [0.1, 0.15) is 28.8 Å². The summed E-state index contributed by atoms with van der Waals surface area (Å²) in [6, 6.07) is 7.17. The summed E-state index contributed by atoms with van der Waals surface area (Å²) in [5.74, 6) is -0.182. The molecule has 0 saturated carbocycles. The normalized spacial score (nSPS) is 13.2. The van der Waals surface area contributed by atoms with Crippen LogP contribution < -0.4 is 10.6 Å². The molecule has 0 unspecified atom stereocenters. The van der Waals surface area contributed by atoms with Crippen molar-refractivity contribution in [2.75, 3.05) is 11.9 Å². The fourth-order valence-electron chi connectivity index (χ4n) is 1.86. The SMILES string of the molecule is N#CCCNC(=O)c1ccc2c(c1)CCC(=O)N2. The van der Waals surface area contributed by atoms with E-state index in [1.54, 1.807) is 18.2 Å². The largest absolute Gasteiger partial charge is 0.351 e. The van der Waals surface area contributed by atoms with E-state index >= 15 is 0 Å². The first-order valence-corrected chi connectivity index (χ1v) is 5.78. The van der Waals surface area contributed by atoms with E-state index in [-0.39, 0.29) is 11.8 Å². The topological polar surface area (TPSA) is 82.0 Å². The standard InChI is InChI=1S/C13H13N3O2/c14-6-1-7-15-13(18)10-2-4-11-9(8-10)3-5-12(17)16-11/h2,4,8H,1,3,5,7H2,(H,15,18)(H,16,17). The van der Waals surface area contributed by atoms with Crippen molar-refractivity contribution in [3.63, 3.8) is 0 Å². The van der Waals surface area contributed by atoms with Gasteiger partial charge in [-0.2, -0.15) is 5.26 Å². The van der Waals surface area contributed by atoms with E-state index in [9.17, 15) is 9.59 Å². The minimum absolute atomic E-state index is 0.00808. The van der Waals surface area contributed by atoms with Gasteiger partial charge in [0.15, 0.2) is 0 Å². The van der Waals surface area contributed by atoms with E-state index in [0.717, 1.165) is 11.3 Å². The fraction of sp³-hybridized carbons (Fsp3) is 0.308. The number of nitriles is 1. The lowest BCUT2D eigenvalue weighted by molar-refractivity contribution is -0.116. The van der Waals surface area contributed by atoms with Crippen LogP contribution in [0.5, 0.6) is 0 Å². The monoisotopic (exact) mass is 243 g/mol. The number of hydrogen-bond donors (Lipinski definition) is 2. The highest BCUT2D eigenvalue weighted by atomic mass is 16.2. The Balaban J connectivity index is 2.09. The van der Waals surface area contributed by atoms with Gasteiger partial charge in [0.2, 0.25) is 5.91 Å². The quantitative estimate of drug-likeness (QED) is 0.783. The Morgan fingerprint density at radius 2 is 2.28 bits per heavy atom. The van der Waals surface area contributed by atoms with E-state index in [0.29, 0.717) is 31.4 Å². The maximum absolute atomic E-state index is 11.8. The molecule has 0 aromatic heterocycles. The number of anilines is 1. The van der Waals surface area contributed by atoms with Crippen molar-refractivity contribution in [3.05, 3.63) is 29.3 Å². The van der Waals surface area contributed by atoms with E-state index in [1.807, 2.05) is 6.07 Å². The lowest BCUT2D eigenvalue weighted by Gasteiger charge is -2.17. The van der Waals surface area contributed by atoms with Gasteiger partial charge in [0, 0.05) is 24.2 Å². The zero-order valence-corrected chi connectivity index (χ0v) is 9.82. The second-order valence-electron chi connectivity index (χ2n) is 4.08. The molecule has 0 radical (unpaired) electrons. The van der Waals surface area contributed by atoms with Crippen LogP contribution in [0, 0.1) is 11.3 Å². The number of hydrogen-bond acceptors (Lipinski definition) is 3. The molecule has 0 fully saturated rings. The predicted octanol–water partition coefficient (Wildman–Crippen LogP) is 1.21. The van der Waals surface area contributed by atoms with Crippen molar-refractivity contribution < 1.29 is 9.59 Å². The number of nitrogens with one attached hydrogen (secondary N) is 2. The lowest BCUT2D eigenvalue weighted by atomic mass is 10.00. The molecule has 2 amide bonds. The first kappa shape index (κ1) is 12.1. The van der Waals surface area contributed by atoms with Crippen molar-refractivity contribution in [3.8, 4) is 6.07 Å². The van der Waals surface area contributed by atoms with E-state index < -0.39 is 0 Å². The molecule has 0 bridgehead atoms. The number of carbonyl (C=O) groups excluding carboxylic acids is 2. The smallest absolute Gasteiger partial charge is 0.251 e. The molecule has 2 N–H and O–H groups in total.